The molecule has 188 valence electrons. The Balaban J connectivity index is 1.38. The summed E-state index contributed by atoms with van der Waals surface area (Å²) in [5.41, 5.74) is 1.59. The van der Waals surface area contributed by atoms with E-state index in [2.05, 4.69) is 10.6 Å². The zero-order valence-corrected chi connectivity index (χ0v) is 19.9. The largest absolute Gasteiger partial charge is 0.495 e. The molecule has 2 fully saturated rings. The van der Waals surface area contributed by atoms with Crippen molar-refractivity contribution in [3.05, 3.63) is 60.2 Å². The van der Waals surface area contributed by atoms with Crippen LogP contribution in [0.4, 0.5) is 10.5 Å². The van der Waals surface area contributed by atoms with Crippen molar-refractivity contribution in [3.63, 3.8) is 0 Å². The number of nitrogens with one attached hydrogen (secondary N) is 2. The SMILES string of the molecule is COc1ccccc1NC(=O)N1C[C@@H](O)COC[C@H]2O[C@@H](CC(=O)NCc3ccccc3)CC[C@@H]21. The monoisotopic (exact) mass is 483 g/mol. The first-order chi connectivity index (χ1) is 17.0. The highest BCUT2D eigenvalue weighted by Gasteiger charge is 2.40. The van der Waals surface area contributed by atoms with Crippen molar-refractivity contribution in [1.82, 2.24) is 10.2 Å². The molecule has 4 atom stereocenters. The van der Waals surface area contributed by atoms with Crippen molar-refractivity contribution in [3.8, 4) is 5.75 Å². The number of para-hydroxylation sites is 2. The van der Waals surface area contributed by atoms with Gasteiger partial charge < -0.3 is 34.9 Å². The van der Waals surface area contributed by atoms with Crippen molar-refractivity contribution >= 4 is 17.6 Å². The van der Waals surface area contributed by atoms with Gasteiger partial charge >= 0.3 is 6.03 Å². The number of β-amino-alcohol motifs (C(OH)–C–C–N with tert-alkyl or cyclic N) is 1. The maximum Gasteiger partial charge on any atom is 0.322 e. The molecule has 0 unspecified atom stereocenters. The highest BCUT2D eigenvalue weighted by atomic mass is 16.5. The number of methoxy groups -OCH3 is 1. The van der Waals surface area contributed by atoms with Gasteiger partial charge in [-0.05, 0) is 30.5 Å². The minimum Gasteiger partial charge on any atom is -0.495 e. The lowest BCUT2D eigenvalue weighted by Crippen LogP contribution is -2.58. The molecule has 0 radical (unpaired) electrons. The van der Waals surface area contributed by atoms with Crippen LogP contribution in [0.2, 0.25) is 0 Å². The first-order valence-electron chi connectivity index (χ1n) is 12.0. The molecular formula is C26H33N3O6. The van der Waals surface area contributed by atoms with Crippen LogP contribution in [0.15, 0.2) is 54.6 Å². The van der Waals surface area contributed by atoms with Crippen LogP contribution in [0.25, 0.3) is 0 Å². The standard InChI is InChI=1S/C26H33N3O6/c1-33-23-10-6-5-9-21(23)28-26(32)29-15-19(30)16-34-17-24-22(29)12-11-20(35-24)13-25(31)27-14-18-7-3-2-4-8-18/h2-10,19-20,22,24,30H,11-17H2,1H3,(H,27,31)(H,28,32)/t19-,20-,22+,24-/m1/s1. The van der Waals surface area contributed by atoms with Gasteiger partial charge in [-0.15, -0.1) is 0 Å². The average Bonchev–Trinajstić information content (AvgIpc) is 2.86. The summed E-state index contributed by atoms with van der Waals surface area (Å²) < 4.78 is 17.2. The molecule has 2 aromatic carbocycles. The van der Waals surface area contributed by atoms with Crippen molar-refractivity contribution in [2.45, 2.75) is 50.2 Å². The Morgan fingerprint density at radius 1 is 1.09 bits per heavy atom. The Labute approximate surface area is 205 Å². The predicted molar refractivity (Wildman–Crippen MR) is 130 cm³/mol. The molecule has 9 heteroatoms. The van der Waals surface area contributed by atoms with Crippen LogP contribution < -0.4 is 15.4 Å². The number of carbonyl (C=O) groups is 2. The average molecular weight is 484 g/mol. The molecule has 35 heavy (non-hydrogen) atoms. The van der Waals surface area contributed by atoms with Gasteiger partial charge in [-0.2, -0.15) is 0 Å². The number of amides is 3. The number of rotatable bonds is 6. The summed E-state index contributed by atoms with van der Waals surface area (Å²) in [6.07, 6.45) is 0.0311. The Morgan fingerprint density at radius 2 is 1.86 bits per heavy atom. The first kappa shape index (κ1) is 25.0. The molecule has 0 saturated carbocycles. The van der Waals surface area contributed by atoms with E-state index in [0.29, 0.717) is 30.8 Å². The molecule has 2 heterocycles. The van der Waals surface area contributed by atoms with Gasteiger partial charge in [0.05, 0.1) is 57.2 Å². The molecule has 0 aliphatic carbocycles. The van der Waals surface area contributed by atoms with Gasteiger partial charge in [0.2, 0.25) is 5.91 Å². The van der Waals surface area contributed by atoms with Gasteiger partial charge in [0.15, 0.2) is 0 Å². The Hall–Kier alpha value is -3.14. The van der Waals surface area contributed by atoms with E-state index in [-0.39, 0.29) is 50.3 Å². The van der Waals surface area contributed by atoms with Crippen molar-refractivity contribution in [2.24, 2.45) is 0 Å². The number of aliphatic hydroxyl groups excluding tert-OH is 1. The smallest absolute Gasteiger partial charge is 0.322 e. The third-order valence-corrected chi connectivity index (χ3v) is 6.34. The predicted octanol–water partition coefficient (Wildman–Crippen LogP) is 2.54. The summed E-state index contributed by atoms with van der Waals surface area (Å²) in [6, 6.07) is 16.3. The molecule has 3 amide bonds. The number of benzene rings is 2. The normalized spacial score (nSPS) is 24.5. The molecular weight excluding hydrogens is 450 g/mol. The van der Waals surface area contributed by atoms with E-state index in [1.54, 1.807) is 24.1 Å². The number of nitrogens with zero attached hydrogens (tertiary/aromatic N) is 1. The summed E-state index contributed by atoms with van der Waals surface area (Å²) in [7, 11) is 1.54. The van der Waals surface area contributed by atoms with Crippen molar-refractivity contribution in [2.75, 3.05) is 32.2 Å². The van der Waals surface area contributed by atoms with Gasteiger partial charge in [-0.3, -0.25) is 4.79 Å². The minimum absolute atomic E-state index is 0.0785. The van der Waals surface area contributed by atoms with E-state index in [1.807, 2.05) is 42.5 Å². The second-order valence-electron chi connectivity index (χ2n) is 8.88. The lowest BCUT2D eigenvalue weighted by Gasteiger charge is -2.44. The number of aliphatic hydroxyl groups is 1. The van der Waals surface area contributed by atoms with Crippen LogP contribution in [0.3, 0.4) is 0 Å². The van der Waals surface area contributed by atoms with Gasteiger partial charge in [0.25, 0.3) is 0 Å². The van der Waals surface area contributed by atoms with E-state index in [4.69, 9.17) is 14.2 Å². The number of hydrogen-bond donors (Lipinski definition) is 3. The molecule has 2 aliphatic heterocycles. The van der Waals surface area contributed by atoms with E-state index in [0.717, 1.165) is 5.56 Å². The van der Waals surface area contributed by atoms with Crippen LogP contribution in [0.5, 0.6) is 5.75 Å². The number of urea groups is 1. The van der Waals surface area contributed by atoms with E-state index in [9.17, 15) is 14.7 Å². The van der Waals surface area contributed by atoms with Crippen LogP contribution in [-0.4, -0.2) is 73.2 Å². The van der Waals surface area contributed by atoms with Crippen molar-refractivity contribution < 1.29 is 28.9 Å². The molecule has 0 aromatic heterocycles. The number of fused-ring (bicyclic) bond motifs is 1. The topological polar surface area (TPSA) is 109 Å². The maximum atomic E-state index is 13.3. The molecule has 2 saturated heterocycles. The number of anilines is 1. The second kappa shape index (κ2) is 12.0. The van der Waals surface area contributed by atoms with Crippen molar-refractivity contribution in [1.29, 1.82) is 0 Å². The van der Waals surface area contributed by atoms with E-state index >= 15 is 0 Å². The summed E-state index contributed by atoms with van der Waals surface area (Å²) in [4.78, 5) is 27.4. The summed E-state index contributed by atoms with van der Waals surface area (Å²) in [5, 5.41) is 16.2. The number of carbonyl (C=O) groups excluding carboxylic acids is 2. The first-order valence-corrected chi connectivity index (χ1v) is 12.0. The third kappa shape index (κ3) is 6.72. The minimum atomic E-state index is -0.805. The molecule has 2 aliphatic rings. The fourth-order valence-corrected chi connectivity index (χ4v) is 4.58. The van der Waals surface area contributed by atoms with Crippen LogP contribution in [0, 0.1) is 0 Å². The Bertz CT molecular complexity index is 988. The lowest BCUT2D eigenvalue weighted by atomic mass is 9.95. The Kier molecular flexibility index (Phi) is 8.57. The highest BCUT2D eigenvalue weighted by molar-refractivity contribution is 5.91. The maximum absolute atomic E-state index is 13.3. The second-order valence-corrected chi connectivity index (χ2v) is 8.88. The quantitative estimate of drug-likeness (QED) is 0.583. The highest BCUT2D eigenvalue weighted by Crippen LogP contribution is 2.29. The van der Waals surface area contributed by atoms with Gasteiger partial charge in [-0.25, -0.2) is 4.79 Å². The fourth-order valence-electron chi connectivity index (χ4n) is 4.58. The van der Waals surface area contributed by atoms with Gasteiger partial charge in [0.1, 0.15) is 11.9 Å². The molecule has 2 aromatic rings. The summed E-state index contributed by atoms with van der Waals surface area (Å²) in [5.74, 6) is 0.472. The fraction of sp³-hybridized carbons (Fsp3) is 0.462. The van der Waals surface area contributed by atoms with Crippen LogP contribution in [-0.2, 0) is 20.8 Å². The third-order valence-electron chi connectivity index (χ3n) is 6.34. The van der Waals surface area contributed by atoms with Gasteiger partial charge in [-0.1, -0.05) is 42.5 Å². The summed E-state index contributed by atoms with van der Waals surface area (Å²) >= 11 is 0. The van der Waals surface area contributed by atoms with Gasteiger partial charge in [0, 0.05) is 6.54 Å². The lowest BCUT2D eigenvalue weighted by molar-refractivity contribution is -0.149. The zero-order chi connectivity index (χ0) is 24.6. The molecule has 0 bridgehead atoms. The number of ether oxygens (including phenoxy) is 3. The summed E-state index contributed by atoms with van der Waals surface area (Å²) in [6.45, 7) is 0.930. The molecule has 0 spiro atoms. The molecule has 4 rings (SSSR count). The van der Waals surface area contributed by atoms with E-state index < -0.39 is 12.2 Å². The molecule has 9 nitrogen and oxygen atoms in total. The Morgan fingerprint density at radius 3 is 2.66 bits per heavy atom. The molecule has 3 N–H and O–H groups in total. The zero-order valence-electron chi connectivity index (χ0n) is 19.9. The van der Waals surface area contributed by atoms with E-state index in [1.165, 1.54) is 0 Å². The van der Waals surface area contributed by atoms with Crippen LogP contribution >= 0.6 is 0 Å². The number of hydrogen-bond acceptors (Lipinski definition) is 6. The van der Waals surface area contributed by atoms with Crippen LogP contribution in [0.1, 0.15) is 24.8 Å².